The van der Waals surface area contributed by atoms with E-state index in [-0.39, 0.29) is 30.1 Å². The van der Waals surface area contributed by atoms with Gasteiger partial charge in [-0.1, -0.05) is 26.0 Å². The first-order valence-electron chi connectivity index (χ1n) is 10.4. The van der Waals surface area contributed by atoms with Crippen molar-refractivity contribution in [2.75, 3.05) is 26.3 Å². The monoisotopic (exact) mass is 387 g/mol. The Bertz CT molecular complexity index is 675. The minimum absolute atomic E-state index is 0.0275. The van der Waals surface area contributed by atoms with Crippen molar-refractivity contribution in [3.63, 3.8) is 0 Å². The Labute approximate surface area is 168 Å². The Hall–Kier alpha value is -2.08. The molecule has 3 amide bonds. The molecule has 0 saturated carbocycles. The first-order valence-corrected chi connectivity index (χ1v) is 10.4. The maximum atomic E-state index is 12.8. The number of nitrogens with one attached hydrogen (secondary N) is 1. The van der Waals surface area contributed by atoms with E-state index in [0.717, 1.165) is 12.8 Å². The summed E-state index contributed by atoms with van der Waals surface area (Å²) in [5, 5.41) is 3.02. The zero-order chi connectivity index (χ0) is 20.3. The van der Waals surface area contributed by atoms with Crippen LogP contribution >= 0.6 is 0 Å². The number of hydrogen-bond donors (Lipinski definition) is 1. The van der Waals surface area contributed by atoms with Crippen LogP contribution in [-0.4, -0.2) is 66.2 Å². The van der Waals surface area contributed by atoms with Gasteiger partial charge in [-0.05, 0) is 50.3 Å². The molecule has 1 aromatic carbocycles. The van der Waals surface area contributed by atoms with Gasteiger partial charge in [0.15, 0.2) is 0 Å². The number of hydrogen-bond acceptors (Lipinski definition) is 3. The van der Waals surface area contributed by atoms with Crippen molar-refractivity contribution in [3.8, 4) is 0 Å². The molecule has 2 fully saturated rings. The summed E-state index contributed by atoms with van der Waals surface area (Å²) in [7, 11) is 0. The van der Waals surface area contributed by atoms with Gasteiger partial charge in [-0.3, -0.25) is 4.79 Å². The Morgan fingerprint density at radius 3 is 2.18 bits per heavy atom. The Kier molecular flexibility index (Phi) is 6.60. The number of urea groups is 1. The molecule has 2 aliphatic rings. The highest BCUT2D eigenvalue weighted by molar-refractivity contribution is 5.95. The highest BCUT2D eigenvalue weighted by atomic mass is 16.5. The zero-order valence-electron chi connectivity index (χ0n) is 17.5. The van der Waals surface area contributed by atoms with E-state index in [1.54, 1.807) is 0 Å². The van der Waals surface area contributed by atoms with Gasteiger partial charge in [-0.15, -0.1) is 0 Å². The van der Waals surface area contributed by atoms with Gasteiger partial charge in [0.05, 0.1) is 6.04 Å². The summed E-state index contributed by atoms with van der Waals surface area (Å²) in [5.74, 6) is 0.493. The first-order chi connectivity index (χ1) is 13.4. The third-order valence-electron chi connectivity index (χ3n) is 5.60. The molecule has 0 radical (unpaired) electrons. The minimum Gasteiger partial charge on any atom is -0.381 e. The normalized spacial score (nSPS) is 18.3. The molecule has 2 aliphatic heterocycles. The van der Waals surface area contributed by atoms with Crippen molar-refractivity contribution in [2.45, 2.75) is 64.6 Å². The molecule has 3 rings (SSSR count). The molecular weight excluding hydrogens is 354 g/mol. The molecule has 0 aromatic heterocycles. The van der Waals surface area contributed by atoms with Crippen molar-refractivity contribution in [2.24, 2.45) is 0 Å². The molecule has 28 heavy (non-hydrogen) atoms. The molecule has 0 aliphatic carbocycles. The van der Waals surface area contributed by atoms with Crippen LogP contribution in [0.5, 0.6) is 0 Å². The largest absolute Gasteiger partial charge is 0.381 e. The predicted molar refractivity (Wildman–Crippen MR) is 110 cm³/mol. The third-order valence-corrected chi connectivity index (χ3v) is 5.60. The minimum atomic E-state index is -0.0275. The molecule has 6 nitrogen and oxygen atoms in total. The van der Waals surface area contributed by atoms with Crippen molar-refractivity contribution >= 4 is 11.9 Å². The summed E-state index contributed by atoms with van der Waals surface area (Å²) in [6.07, 6.45) is 1.71. The summed E-state index contributed by atoms with van der Waals surface area (Å²) in [5.41, 5.74) is 1.95. The van der Waals surface area contributed by atoms with Gasteiger partial charge in [0, 0.05) is 44.0 Å². The summed E-state index contributed by atoms with van der Waals surface area (Å²) in [6, 6.07) is 8.19. The van der Waals surface area contributed by atoms with Crippen molar-refractivity contribution < 1.29 is 14.3 Å². The Morgan fingerprint density at radius 1 is 1.04 bits per heavy atom. The van der Waals surface area contributed by atoms with Crippen LogP contribution in [0, 0.1) is 0 Å². The summed E-state index contributed by atoms with van der Waals surface area (Å²) in [6.45, 7) is 10.8. The lowest BCUT2D eigenvalue weighted by molar-refractivity contribution is -0.00521. The number of carbonyl (C=O) groups excluding carboxylic acids is 2. The molecule has 0 atom stereocenters. The van der Waals surface area contributed by atoms with E-state index < -0.39 is 0 Å². The van der Waals surface area contributed by atoms with Crippen LogP contribution in [0.15, 0.2) is 24.3 Å². The fraction of sp³-hybridized carbons (Fsp3) is 0.636. The molecule has 0 bridgehead atoms. The van der Waals surface area contributed by atoms with E-state index in [0.29, 0.717) is 37.8 Å². The standard InChI is InChI=1S/C22H33N3O3/c1-15(2)17-5-7-18(8-6-17)21(26)24-13-20(14-24)25(22(27)23-16(3)4)19-9-11-28-12-10-19/h5-8,15-16,19-20H,9-14H2,1-4H3,(H,23,27). The smallest absolute Gasteiger partial charge is 0.318 e. The number of carbonyl (C=O) groups is 2. The molecule has 2 saturated heterocycles. The molecule has 154 valence electrons. The van der Waals surface area contributed by atoms with Crippen LogP contribution in [-0.2, 0) is 4.74 Å². The average Bonchev–Trinajstić information content (AvgIpc) is 2.63. The maximum Gasteiger partial charge on any atom is 0.318 e. The first kappa shape index (κ1) is 20.6. The zero-order valence-corrected chi connectivity index (χ0v) is 17.5. The lowest BCUT2D eigenvalue weighted by Crippen LogP contribution is -2.66. The number of nitrogens with zero attached hydrogens (tertiary/aromatic N) is 2. The molecular formula is C22H33N3O3. The number of amides is 3. The molecule has 1 N–H and O–H groups in total. The molecule has 6 heteroatoms. The van der Waals surface area contributed by atoms with Crippen LogP contribution in [0.1, 0.15) is 62.4 Å². The third kappa shape index (κ3) is 4.66. The van der Waals surface area contributed by atoms with Crippen LogP contribution < -0.4 is 5.32 Å². The van der Waals surface area contributed by atoms with Crippen molar-refractivity contribution in [1.82, 2.24) is 15.1 Å². The second kappa shape index (κ2) is 8.95. The number of benzene rings is 1. The van der Waals surface area contributed by atoms with Crippen LogP contribution in [0.25, 0.3) is 0 Å². The highest BCUT2D eigenvalue weighted by Crippen LogP contribution is 2.25. The number of ether oxygens (including phenoxy) is 1. The van der Waals surface area contributed by atoms with Crippen LogP contribution in [0.3, 0.4) is 0 Å². The van der Waals surface area contributed by atoms with E-state index in [2.05, 4.69) is 19.2 Å². The van der Waals surface area contributed by atoms with Crippen LogP contribution in [0.2, 0.25) is 0 Å². The van der Waals surface area contributed by atoms with Crippen molar-refractivity contribution in [3.05, 3.63) is 35.4 Å². The van der Waals surface area contributed by atoms with E-state index in [1.807, 2.05) is 47.9 Å². The fourth-order valence-corrected chi connectivity index (χ4v) is 3.90. The predicted octanol–water partition coefficient (Wildman–Crippen LogP) is 3.23. The summed E-state index contributed by atoms with van der Waals surface area (Å²) >= 11 is 0. The van der Waals surface area contributed by atoms with Gasteiger partial charge in [0.1, 0.15) is 0 Å². The van der Waals surface area contributed by atoms with E-state index >= 15 is 0 Å². The maximum absolute atomic E-state index is 12.8. The van der Waals surface area contributed by atoms with Gasteiger partial charge < -0.3 is 19.9 Å². The van der Waals surface area contributed by atoms with Crippen molar-refractivity contribution in [1.29, 1.82) is 0 Å². The summed E-state index contributed by atoms with van der Waals surface area (Å²) < 4.78 is 5.46. The van der Waals surface area contributed by atoms with E-state index in [9.17, 15) is 9.59 Å². The van der Waals surface area contributed by atoms with Gasteiger partial charge >= 0.3 is 6.03 Å². The van der Waals surface area contributed by atoms with E-state index in [4.69, 9.17) is 4.74 Å². The quantitative estimate of drug-likeness (QED) is 0.844. The van der Waals surface area contributed by atoms with Gasteiger partial charge in [-0.2, -0.15) is 0 Å². The number of rotatable bonds is 5. The molecule has 0 spiro atoms. The van der Waals surface area contributed by atoms with Gasteiger partial charge in [0.25, 0.3) is 5.91 Å². The molecule has 1 aromatic rings. The lowest BCUT2D eigenvalue weighted by Gasteiger charge is -2.49. The Morgan fingerprint density at radius 2 is 1.64 bits per heavy atom. The Balaban J connectivity index is 1.63. The molecule has 2 heterocycles. The fourth-order valence-electron chi connectivity index (χ4n) is 3.90. The second-order valence-electron chi connectivity index (χ2n) is 8.50. The second-order valence-corrected chi connectivity index (χ2v) is 8.50. The van der Waals surface area contributed by atoms with Gasteiger partial charge in [0.2, 0.25) is 0 Å². The average molecular weight is 388 g/mol. The van der Waals surface area contributed by atoms with Crippen LogP contribution in [0.4, 0.5) is 4.79 Å². The SMILES string of the molecule is CC(C)NC(=O)N(C1CCOCC1)C1CN(C(=O)c2ccc(C(C)C)cc2)C1. The summed E-state index contributed by atoms with van der Waals surface area (Å²) in [4.78, 5) is 29.4. The molecule has 0 unspecified atom stereocenters. The van der Waals surface area contributed by atoms with E-state index in [1.165, 1.54) is 5.56 Å². The highest BCUT2D eigenvalue weighted by Gasteiger charge is 2.41. The number of likely N-dealkylation sites (tertiary alicyclic amines) is 1. The topological polar surface area (TPSA) is 61.9 Å². The van der Waals surface area contributed by atoms with Gasteiger partial charge in [-0.25, -0.2) is 4.79 Å². The lowest BCUT2D eigenvalue weighted by atomic mass is 9.98.